The molecule has 0 atom stereocenters. The number of fused-ring (bicyclic) bond motifs is 10. The molecule has 574 valence electrons. The van der Waals surface area contributed by atoms with Crippen LogP contribution < -0.4 is 61.1 Å². The summed E-state index contributed by atoms with van der Waals surface area (Å²) in [6, 6.07) is 123. The summed E-state index contributed by atoms with van der Waals surface area (Å²) in [5.74, 6) is 0. The van der Waals surface area contributed by atoms with E-state index in [4.69, 9.17) is 0 Å². The molecule has 0 bridgehead atoms. The second kappa shape index (κ2) is 47.4. The van der Waals surface area contributed by atoms with Gasteiger partial charge in [0.15, 0.2) is 16.1 Å². The molecule has 4 nitrogen and oxygen atoms in total. The van der Waals surface area contributed by atoms with Crippen molar-refractivity contribution >= 4 is 109 Å². The minimum absolute atomic E-state index is 1.05. The summed E-state index contributed by atoms with van der Waals surface area (Å²) in [7, 11) is 0.933. The van der Waals surface area contributed by atoms with Gasteiger partial charge in [0.05, 0.1) is 0 Å². The molecule has 0 spiro atoms. The maximum absolute atomic E-state index is 2.74. The molecule has 110 heavy (non-hydrogen) atoms. The van der Waals surface area contributed by atoms with Gasteiger partial charge in [0.2, 0.25) is 0 Å². The molecule has 18 rings (SSSR count). The van der Waals surface area contributed by atoms with E-state index in [1.807, 2.05) is 138 Å². The highest BCUT2D eigenvalue weighted by atomic mass is 28.3. The van der Waals surface area contributed by atoms with Crippen LogP contribution in [0.15, 0.2) is 334 Å². The normalized spacial score (nSPS) is 12.1. The topological polar surface area (TPSA) is 13.0 Å². The van der Waals surface area contributed by atoms with Crippen LogP contribution in [-0.2, 0) is 19.3 Å². The molecule has 13 aromatic carbocycles. The van der Waals surface area contributed by atoms with Crippen LogP contribution in [0.3, 0.4) is 0 Å². The molecule has 0 N–H and O–H groups in total. The first-order chi connectivity index (χ1) is 54.4. The molecule has 0 saturated heterocycles. The van der Waals surface area contributed by atoms with E-state index >= 15 is 0 Å². The van der Waals surface area contributed by atoms with Crippen molar-refractivity contribution in [1.82, 2.24) is 0 Å². The van der Waals surface area contributed by atoms with Crippen molar-refractivity contribution in [1.29, 1.82) is 0 Å². The first-order valence-electron chi connectivity index (χ1n) is 41.5. The van der Waals surface area contributed by atoms with Crippen molar-refractivity contribution in [2.45, 2.75) is 158 Å². The zero-order chi connectivity index (χ0) is 80.6. The molecular weight excluding hydrogens is 1360 g/mol. The number of benzene rings is 13. The third-order valence-corrected chi connectivity index (χ3v) is 28.9. The summed E-state index contributed by atoms with van der Waals surface area (Å²) in [6.45, 7) is 40.0. The van der Waals surface area contributed by atoms with E-state index in [1.54, 1.807) is 0 Å². The van der Waals surface area contributed by atoms with Crippen molar-refractivity contribution in [3.63, 3.8) is 0 Å². The van der Waals surface area contributed by atoms with Crippen LogP contribution in [0.25, 0.3) is 0 Å². The number of hydrogen-bond acceptors (Lipinski definition) is 4. The fourth-order valence-corrected chi connectivity index (χ4v) is 25.7. The zero-order valence-corrected chi connectivity index (χ0v) is 73.2. The van der Waals surface area contributed by atoms with E-state index in [-0.39, 0.29) is 0 Å². The Morgan fingerprint density at radius 3 is 0.545 bits per heavy atom. The van der Waals surface area contributed by atoms with Crippen molar-refractivity contribution in [3.05, 3.63) is 367 Å². The smallest absolute Gasteiger partial charge is 0.184 e. The van der Waals surface area contributed by atoms with Gasteiger partial charge in [-0.25, -0.2) is 0 Å². The molecule has 0 fully saturated rings. The van der Waals surface area contributed by atoms with Crippen molar-refractivity contribution in [2.75, 3.05) is 40.7 Å². The molecule has 5 aliphatic rings. The van der Waals surface area contributed by atoms with Gasteiger partial charge in [0, 0.05) is 91.6 Å². The van der Waals surface area contributed by atoms with Gasteiger partial charge in [-0.2, -0.15) is 0 Å². The molecule has 0 aromatic heterocycles. The Hall–Kier alpha value is -10.5. The van der Waals surface area contributed by atoms with Gasteiger partial charge in [-0.3, -0.25) is 0 Å². The van der Waals surface area contributed by atoms with E-state index < -0.39 is 16.1 Å². The summed E-state index contributed by atoms with van der Waals surface area (Å²) in [4.78, 5) is 9.43. The van der Waals surface area contributed by atoms with Crippen LogP contribution in [0.1, 0.15) is 172 Å². The van der Waals surface area contributed by atoms with Crippen LogP contribution in [0.4, 0.5) is 51.2 Å². The highest BCUT2D eigenvalue weighted by Crippen LogP contribution is 2.43. The van der Waals surface area contributed by atoms with E-state index in [9.17, 15) is 0 Å². The second-order valence-corrected chi connectivity index (χ2v) is 31.5. The predicted molar refractivity (Wildman–Crippen MR) is 500 cm³/mol. The molecule has 0 saturated carbocycles. The summed E-state index contributed by atoms with van der Waals surface area (Å²) in [6.07, 6.45) is 3.16. The highest BCUT2D eigenvalue weighted by molar-refractivity contribution is 7.24. The Labute approximate surface area is 669 Å². The lowest BCUT2D eigenvalue weighted by molar-refractivity contribution is 1.06. The van der Waals surface area contributed by atoms with E-state index in [2.05, 4.69) is 374 Å². The monoisotopic (exact) mass is 1490 g/mol. The van der Waals surface area contributed by atoms with E-state index in [0.717, 1.165) is 19.3 Å². The van der Waals surface area contributed by atoms with Gasteiger partial charge in [-0.1, -0.05) is 424 Å². The largest absolute Gasteiger partial charge is 0.344 e. The van der Waals surface area contributed by atoms with Crippen LogP contribution in [0.2, 0.25) is 0 Å². The first kappa shape index (κ1) is 90.1. The van der Waals surface area contributed by atoms with Gasteiger partial charge in [-0.05, 0) is 123 Å². The van der Waals surface area contributed by atoms with Gasteiger partial charge in [-0.15, -0.1) is 0 Å². The summed E-state index contributed by atoms with van der Waals surface area (Å²) in [5, 5.41) is 11.5. The summed E-state index contributed by atoms with van der Waals surface area (Å²) in [5.41, 5.74) is 20.5. The van der Waals surface area contributed by atoms with Crippen LogP contribution >= 0.6 is 0 Å². The number of nitrogens with zero attached hydrogens (tertiary/aromatic N) is 4. The third kappa shape index (κ3) is 18.8. The number of hydrogen-bond donors (Lipinski definition) is 0. The van der Waals surface area contributed by atoms with Crippen molar-refractivity contribution in [3.8, 4) is 0 Å². The van der Waals surface area contributed by atoms with Gasteiger partial charge in [0.25, 0.3) is 0 Å². The lowest BCUT2D eigenvalue weighted by Crippen LogP contribution is -2.82. The Morgan fingerprint density at radius 1 is 0.173 bits per heavy atom. The molecule has 0 unspecified atom stereocenters. The Balaban J connectivity index is 0.000000275. The fourth-order valence-electron chi connectivity index (χ4n) is 15.3. The molecule has 0 aliphatic carbocycles. The minimum atomic E-state index is -2.74. The molecule has 5 aliphatic heterocycles. The highest BCUT2D eigenvalue weighted by Gasteiger charge is 2.56. The average Bonchev–Trinajstić information content (AvgIpc) is 0.667. The number of anilines is 9. The molecule has 0 radical (unpaired) electrons. The van der Waals surface area contributed by atoms with Crippen LogP contribution in [0.5, 0.6) is 0 Å². The van der Waals surface area contributed by atoms with E-state index in [0.29, 0.717) is 0 Å². The van der Waals surface area contributed by atoms with Crippen LogP contribution in [0, 0.1) is 0 Å². The number of para-hydroxylation sites is 9. The summed E-state index contributed by atoms with van der Waals surface area (Å²) < 4.78 is 0. The SMILES string of the molecule is CC.CC.CC.CC.CC.CC.CC.CC.CC.CC.CN1c2ccccc2Cc2ccccc21.CN1c2ccccc2Cc2ccccc21.CN1c2ccccc2Cc2ccccc21.c1ccc([Si]2(c3ccccc3)c3ccccc3N3c4ccccc4[Si](c4ccccc4)(c4ccccc4)c4cccc2c43)cc1. The summed E-state index contributed by atoms with van der Waals surface area (Å²) >= 11 is 0. The third-order valence-electron chi connectivity index (χ3n) is 19.3. The average molecular weight is 1490 g/mol. The van der Waals surface area contributed by atoms with Gasteiger partial charge >= 0.3 is 0 Å². The molecular formula is C104H130N4Si2. The van der Waals surface area contributed by atoms with E-state index in [1.165, 1.54) is 126 Å². The Bertz CT molecular complexity index is 4130. The molecule has 5 heterocycles. The predicted octanol–water partition coefficient (Wildman–Crippen LogP) is 24.9. The quantitative estimate of drug-likeness (QED) is 0.163. The first-order valence-corrected chi connectivity index (χ1v) is 45.5. The molecule has 6 heteroatoms. The second-order valence-electron chi connectivity index (χ2n) is 24.0. The maximum atomic E-state index is 2.61. The Kier molecular flexibility index (Phi) is 38.9. The van der Waals surface area contributed by atoms with Crippen LogP contribution in [-0.4, -0.2) is 37.3 Å². The fraction of sp³-hybridized carbons (Fsp3) is 0.250. The van der Waals surface area contributed by atoms with Gasteiger partial charge < -0.3 is 19.6 Å². The lowest BCUT2D eigenvalue weighted by Gasteiger charge is -2.51. The van der Waals surface area contributed by atoms with Crippen molar-refractivity contribution < 1.29 is 0 Å². The van der Waals surface area contributed by atoms with Gasteiger partial charge in [0.1, 0.15) is 0 Å². The minimum Gasteiger partial charge on any atom is -0.344 e. The van der Waals surface area contributed by atoms with Crippen molar-refractivity contribution in [2.24, 2.45) is 0 Å². The maximum Gasteiger partial charge on any atom is 0.184 e. The Morgan fingerprint density at radius 2 is 0.336 bits per heavy atom. The standard InChI is InChI=1S/C42H31NSi2.3C14H13N.10C2H6/c1-5-18-32(19-6-1)44(33-20-7-2-8-21-33)38-28-15-13-26-36(38)43-37-27-14-16-29-39(37)45(34-22-9-3-10-23-34,35-24-11-4-12-25-35)41-31-17-30-40(44)42(41)43;3*1-15-13-8-4-2-6-11(13)10-12-7-3-5-9-14(12)15;10*1-2/h1-31H;3*2-9H,10H2,1H3;10*1-2H3. The molecule has 0 amide bonds. The molecule has 13 aromatic rings. The lowest BCUT2D eigenvalue weighted by atomic mass is 9.96. The number of rotatable bonds is 4. The zero-order valence-electron chi connectivity index (χ0n) is 71.2.